The molecule has 0 aromatic rings. The molecule has 0 aliphatic rings. The number of hydrogen-bond donors (Lipinski definition) is 0. The van der Waals surface area contributed by atoms with Gasteiger partial charge in [-0.25, -0.2) is 5.11 Å². The fourth-order valence-corrected chi connectivity index (χ4v) is 0. The summed E-state index contributed by atoms with van der Waals surface area (Å²) in [6.07, 6.45) is 0. The molecular weight excluding hydrogens is 292 g/mol. The van der Waals surface area contributed by atoms with Crippen LogP contribution in [0.4, 0.5) is 0 Å². The summed E-state index contributed by atoms with van der Waals surface area (Å²) in [5.41, 5.74) is 0. The molecule has 1 nitrogen and oxygen atoms in total. The zero-order chi connectivity index (χ0) is 6.08. The predicted octanol–water partition coefficient (Wildman–Crippen LogP) is 2.64. The summed E-state index contributed by atoms with van der Waals surface area (Å²) in [5.74, 6) is 0. The van der Waals surface area contributed by atoms with Gasteiger partial charge in [-0.3, -0.25) is 0 Å². The monoisotopic (exact) mass is 293 g/mol. The van der Waals surface area contributed by atoms with Gasteiger partial charge in [-0.1, -0.05) is 31.9 Å². The molecule has 4 heteroatoms. The van der Waals surface area contributed by atoms with Gasteiger partial charge in [-0.05, 0) is 22.9 Å². The largest absolute Gasteiger partial charge is 0.215 e. The van der Waals surface area contributed by atoms with Crippen molar-refractivity contribution in [1.29, 1.82) is 0 Å². The third-order valence-electron chi connectivity index (χ3n) is 0.390. The molecule has 0 rings (SSSR count). The first kappa shape index (κ1) is 8.40. The summed E-state index contributed by atoms with van der Waals surface area (Å²) in [6.45, 7) is 1.53. The second-order valence-corrected chi connectivity index (χ2v) is 5.92. The summed E-state index contributed by atoms with van der Waals surface area (Å²) in [7, 11) is 0. The Balaban J connectivity index is 3.54. The van der Waals surface area contributed by atoms with Crippen molar-refractivity contribution in [3.63, 3.8) is 0 Å². The maximum Gasteiger partial charge on any atom is 0.177 e. The van der Waals surface area contributed by atoms with Crippen LogP contribution >= 0.6 is 47.8 Å². The average molecular weight is 296 g/mol. The lowest BCUT2D eigenvalue weighted by atomic mass is 10.5. The van der Waals surface area contributed by atoms with Gasteiger partial charge in [0.25, 0.3) is 0 Å². The Morgan fingerprint density at radius 3 is 1.71 bits per heavy atom. The molecular formula is C3H4Br3O. The van der Waals surface area contributed by atoms with Gasteiger partial charge in [0.15, 0.2) is 4.51 Å². The Labute approximate surface area is 67.9 Å². The van der Waals surface area contributed by atoms with Crippen molar-refractivity contribution < 1.29 is 5.11 Å². The lowest BCUT2D eigenvalue weighted by molar-refractivity contribution is 0.0963. The third kappa shape index (κ3) is 3.94. The highest BCUT2D eigenvalue weighted by molar-refractivity contribution is 9.25. The highest BCUT2D eigenvalue weighted by Crippen LogP contribution is 2.29. The van der Waals surface area contributed by atoms with E-state index in [2.05, 4.69) is 47.8 Å². The van der Waals surface area contributed by atoms with Crippen LogP contribution in [0.2, 0.25) is 0 Å². The van der Waals surface area contributed by atoms with Crippen LogP contribution in [0.3, 0.4) is 0 Å². The van der Waals surface area contributed by atoms with E-state index < -0.39 is 4.51 Å². The molecule has 0 spiro atoms. The topological polar surface area (TPSA) is 19.9 Å². The van der Waals surface area contributed by atoms with Gasteiger partial charge in [0.05, 0.1) is 0 Å². The maximum absolute atomic E-state index is 10.6. The van der Waals surface area contributed by atoms with Gasteiger partial charge in [-0.15, -0.1) is 0 Å². The molecule has 0 aliphatic carbocycles. The first-order chi connectivity index (χ1) is 2.94. The van der Waals surface area contributed by atoms with Crippen molar-refractivity contribution in [1.82, 2.24) is 0 Å². The van der Waals surface area contributed by atoms with Gasteiger partial charge in [0.2, 0.25) is 0 Å². The van der Waals surface area contributed by atoms with Crippen LogP contribution in [0.25, 0.3) is 0 Å². The SMILES string of the molecule is CC([O])(Br)C(Br)Br. The van der Waals surface area contributed by atoms with Gasteiger partial charge in [0, 0.05) is 0 Å². The van der Waals surface area contributed by atoms with Crippen LogP contribution < -0.4 is 0 Å². The molecule has 1 atom stereocenters. The van der Waals surface area contributed by atoms with Gasteiger partial charge in [0.1, 0.15) is 3.74 Å². The lowest BCUT2D eigenvalue weighted by Crippen LogP contribution is -2.19. The smallest absolute Gasteiger partial charge is 0.177 e. The Kier molecular flexibility index (Phi) is 3.36. The third-order valence-corrected chi connectivity index (χ3v) is 3.82. The highest BCUT2D eigenvalue weighted by Gasteiger charge is 2.25. The molecule has 0 bridgehead atoms. The predicted molar refractivity (Wildman–Crippen MR) is 39.7 cm³/mol. The molecule has 0 saturated heterocycles. The van der Waals surface area contributed by atoms with E-state index in [1.165, 1.54) is 6.92 Å². The molecule has 0 aliphatic heterocycles. The molecule has 0 aromatic heterocycles. The molecule has 0 N–H and O–H groups in total. The summed E-state index contributed by atoms with van der Waals surface area (Å²) in [4.78, 5) is 0. The van der Waals surface area contributed by atoms with Crippen LogP contribution in [0.5, 0.6) is 0 Å². The zero-order valence-corrected chi connectivity index (χ0v) is 8.38. The highest BCUT2D eigenvalue weighted by atomic mass is 79.9. The van der Waals surface area contributed by atoms with Crippen molar-refractivity contribution in [3.05, 3.63) is 0 Å². The van der Waals surface area contributed by atoms with Gasteiger partial charge >= 0.3 is 0 Å². The van der Waals surface area contributed by atoms with E-state index in [0.717, 1.165) is 0 Å². The van der Waals surface area contributed by atoms with E-state index in [1.807, 2.05) is 0 Å². The molecule has 0 saturated carbocycles. The quantitative estimate of drug-likeness (QED) is 0.663. The summed E-state index contributed by atoms with van der Waals surface area (Å²) >= 11 is 9.00. The van der Waals surface area contributed by atoms with E-state index in [4.69, 9.17) is 0 Å². The van der Waals surface area contributed by atoms with Crippen molar-refractivity contribution in [2.75, 3.05) is 0 Å². The van der Waals surface area contributed by atoms with E-state index >= 15 is 0 Å². The fraction of sp³-hybridized carbons (Fsp3) is 1.00. The molecule has 43 valence electrons. The standard InChI is InChI=1S/C3H4Br3O/c1-3(6,7)2(4)5/h2H,1H3. The summed E-state index contributed by atoms with van der Waals surface area (Å²) in [6, 6.07) is 0. The molecule has 0 fully saturated rings. The van der Waals surface area contributed by atoms with Crippen LogP contribution in [0.1, 0.15) is 6.92 Å². The minimum absolute atomic E-state index is 0.215. The van der Waals surface area contributed by atoms with E-state index in [1.54, 1.807) is 0 Å². The van der Waals surface area contributed by atoms with Crippen molar-refractivity contribution in [3.8, 4) is 0 Å². The average Bonchev–Trinajstić information content (AvgIpc) is 1.31. The van der Waals surface area contributed by atoms with Gasteiger partial charge in [-0.2, -0.15) is 0 Å². The van der Waals surface area contributed by atoms with Crippen LogP contribution in [-0.2, 0) is 5.11 Å². The number of alkyl halides is 3. The first-order valence-corrected chi connectivity index (χ1v) is 4.24. The number of rotatable bonds is 1. The summed E-state index contributed by atoms with van der Waals surface area (Å²) < 4.78 is -1.32. The molecule has 0 aromatic carbocycles. The molecule has 0 heterocycles. The Hall–Kier alpha value is 1.40. The van der Waals surface area contributed by atoms with Crippen molar-refractivity contribution in [2.24, 2.45) is 0 Å². The van der Waals surface area contributed by atoms with Crippen LogP contribution in [0, 0.1) is 0 Å². The molecule has 0 amide bonds. The molecule has 7 heavy (non-hydrogen) atoms. The number of hydrogen-bond acceptors (Lipinski definition) is 0. The lowest BCUT2D eigenvalue weighted by Gasteiger charge is -2.11. The maximum atomic E-state index is 10.6. The molecule has 1 unspecified atom stereocenters. The first-order valence-electron chi connectivity index (χ1n) is 1.62. The Morgan fingerprint density at radius 2 is 1.71 bits per heavy atom. The van der Waals surface area contributed by atoms with Crippen LogP contribution in [0.15, 0.2) is 0 Å². The Morgan fingerprint density at radius 1 is 1.57 bits per heavy atom. The minimum atomic E-state index is -1.10. The number of halogens is 3. The fourth-order valence-electron chi connectivity index (χ4n) is 0. The van der Waals surface area contributed by atoms with E-state index in [-0.39, 0.29) is 3.74 Å². The van der Waals surface area contributed by atoms with Crippen molar-refractivity contribution in [2.45, 2.75) is 15.2 Å². The normalized spacial score (nSPS) is 19.7. The van der Waals surface area contributed by atoms with Crippen LogP contribution in [-0.4, -0.2) is 8.25 Å². The Bertz CT molecular complexity index is 55.7. The van der Waals surface area contributed by atoms with Crippen molar-refractivity contribution >= 4 is 47.8 Å². The van der Waals surface area contributed by atoms with E-state index in [0.29, 0.717) is 0 Å². The second-order valence-electron chi connectivity index (χ2n) is 1.29. The summed E-state index contributed by atoms with van der Waals surface area (Å²) in [5, 5.41) is 10.6. The zero-order valence-electron chi connectivity index (χ0n) is 3.62. The van der Waals surface area contributed by atoms with Gasteiger partial charge < -0.3 is 0 Å². The van der Waals surface area contributed by atoms with E-state index in [9.17, 15) is 5.11 Å². The molecule has 1 radical (unpaired) electrons. The minimum Gasteiger partial charge on any atom is -0.215 e. The second kappa shape index (κ2) is 2.80.